The van der Waals surface area contributed by atoms with Crippen molar-refractivity contribution in [3.05, 3.63) is 41.7 Å². The number of benzene rings is 1. The smallest absolute Gasteiger partial charge is 0.151 e. The summed E-state index contributed by atoms with van der Waals surface area (Å²) < 4.78 is 27.9. The zero-order valence-corrected chi connectivity index (χ0v) is 9.35. The molecular formula is C11H11F2N3O. The maximum atomic E-state index is 13.5. The first-order valence-electron chi connectivity index (χ1n) is 4.99. The van der Waals surface area contributed by atoms with Gasteiger partial charge in [-0.1, -0.05) is 11.3 Å². The maximum absolute atomic E-state index is 13.5. The molecule has 2 rings (SSSR count). The molecule has 1 aromatic carbocycles. The summed E-state index contributed by atoms with van der Waals surface area (Å²) in [5, 5.41) is 17.0. The first-order chi connectivity index (χ1) is 7.89. The van der Waals surface area contributed by atoms with E-state index in [1.54, 1.807) is 0 Å². The van der Waals surface area contributed by atoms with Crippen LogP contribution in [-0.2, 0) is 5.60 Å². The molecule has 17 heavy (non-hydrogen) atoms. The van der Waals surface area contributed by atoms with E-state index in [4.69, 9.17) is 0 Å². The van der Waals surface area contributed by atoms with Gasteiger partial charge in [-0.05, 0) is 26.0 Å². The lowest BCUT2D eigenvalue weighted by atomic mass is 10.1. The number of hydrogen-bond donors (Lipinski definition) is 1. The van der Waals surface area contributed by atoms with Crippen molar-refractivity contribution in [1.82, 2.24) is 15.0 Å². The lowest BCUT2D eigenvalue weighted by Crippen LogP contribution is -2.15. The topological polar surface area (TPSA) is 50.9 Å². The van der Waals surface area contributed by atoms with Gasteiger partial charge >= 0.3 is 0 Å². The number of aromatic nitrogens is 3. The molecule has 90 valence electrons. The molecule has 0 aliphatic rings. The third-order valence-electron chi connectivity index (χ3n) is 2.29. The largest absolute Gasteiger partial charge is 0.384 e. The summed E-state index contributed by atoms with van der Waals surface area (Å²) in [5.74, 6) is -1.48. The standard InChI is InChI=1S/C11H11F2N3O/c1-11(2,17)9-6-16(15-14-9)10-7(12)4-3-5-8(10)13/h3-6,17H,1-2H3. The molecule has 0 saturated carbocycles. The Bertz CT molecular complexity index is 526. The normalized spacial score (nSPS) is 11.8. The van der Waals surface area contributed by atoms with Crippen LogP contribution >= 0.6 is 0 Å². The van der Waals surface area contributed by atoms with Gasteiger partial charge in [0.1, 0.15) is 17.0 Å². The highest BCUT2D eigenvalue weighted by Gasteiger charge is 2.22. The third-order valence-corrected chi connectivity index (χ3v) is 2.29. The Hall–Kier alpha value is -1.82. The van der Waals surface area contributed by atoms with Gasteiger partial charge in [0.15, 0.2) is 11.6 Å². The van der Waals surface area contributed by atoms with Gasteiger partial charge < -0.3 is 5.11 Å². The molecule has 0 unspecified atom stereocenters. The quantitative estimate of drug-likeness (QED) is 0.869. The summed E-state index contributed by atoms with van der Waals surface area (Å²) in [6.07, 6.45) is 1.29. The van der Waals surface area contributed by atoms with Gasteiger partial charge in [-0.2, -0.15) is 0 Å². The summed E-state index contributed by atoms with van der Waals surface area (Å²) in [7, 11) is 0. The van der Waals surface area contributed by atoms with Crippen LogP contribution in [0.4, 0.5) is 8.78 Å². The minimum atomic E-state index is -1.21. The van der Waals surface area contributed by atoms with E-state index in [9.17, 15) is 13.9 Å². The van der Waals surface area contributed by atoms with Crippen molar-refractivity contribution in [2.75, 3.05) is 0 Å². The lowest BCUT2D eigenvalue weighted by Gasteiger charge is -2.11. The second-order valence-corrected chi connectivity index (χ2v) is 4.18. The van der Waals surface area contributed by atoms with E-state index in [1.807, 2.05) is 0 Å². The molecule has 0 atom stereocenters. The fourth-order valence-corrected chi connectivity index (χ4v) is 1.36. The average Bonchev–Trinajstić information content (AvgIpc) is 2.65. The molecule has 2 aromatic rings. The first-order valence-corrected chi connectivity index (χ1v) is 4.99. The Morgan fingerprint density at radius 3 is 2.29 bits per heavy atom. The minimum absolute atomic E-state index is 0.236. The Labute approximate surface area is 96.5 Å². The fourth-order valence-electron chi connectivity index (χ4n) is 1.36. The van der Waals surface area contributed by atoms with Gasteiger partial charge in [-0.3, -0.25) is 0 Å². The van der Waals surface area contributed by atoms with Crippen LogP contribution in [0.15, 0.2) is 24.4 Å². The Kier molecular flexibility index (Phi) is 2.66. The highest BCUT2D eigenvalue weighted by Crippen LogP contribution is 2.20. The summed E-state index contributed by atoms with van der Waals surface area (Å²) in [6, 6.07) is 3.52. The molecule has 0 aliphatic carbocycles. The molecule has 0 aliphatic heterocycles. The predicted molar refractivity (Wildman–Crippen MR) is 56.5 cm³/mol. The molecule has 0 fully saturated rings. The van der Waals surface area contributed by atoms with Gasteiger partial charge in [-0.25, -0.2) is 13.5 Å². The highest BCUT2D eigenvalue weighted by atomic mass is 19.1. The Morgan fingerprint density at radius 2 is 1.82 bits per heavy atom. The number of nitrogens with zero attached hydrogens (tertiary/aromatic N) is 3. The summed E-state index contributed by atoms with van der Waals surface area (Å²) >= 11 is 0. The molecule has 1 aromatic heterocycles. The molecule has 0 amide bonds. The monoisotopic (exact) mass is 239 g/mol. The van der Waals surface area contributed by atoms with Crippen LogP contribution in [0.25, 0.3) is 5.69 Å². The van der Waals surface area contributed by atoms with Gasteiger partial charge in [-0.15, -0.1) is 5.10 Å². The summed E-state index contributed by atoms with van der Waals surface area (Å²) in [6.45, 7) is 3.03. The van der Waals surface area contributed by atoms with Crippen molar-refractivity contribution in [3.8, 4) is 5.69 Å². The van der Waals surface area contributed by atoms with Crippen molar-refractivity contribution >= 4 is 0 Å². The zero-order chi connectivity index (χ0) is 12.6. The number of rotatable bonds is 2. The van der Waals surface area contributed by atoms with Crippen molar-refractivity contribution in [1.29, 1.82) is 0 Å². The number of aliphatic hydroxyl groups is 1. The van der Waals surface area contributed by atoms with E-state index in [0.717, 1.165) is 16.8 Å². The molecular weight excluding hydrogens is 228 g/mol. The van der Waals surface area contributed by atoms with Crippen LogP contribution in [0.1, 0.15) is 19.5 Å². The molecule has 0 radical (unpaired) electrons. The fraction of sp³-hybridized carbons (Fsp3) is 0.273. The lowest BCUT2D eigenvalue weighted by molar-refractivity contribution is 0.0737. The summed E-state index contributed by atoms with van der Waals surface area (Å²) in [4.78, 5) is 0. The highest BCUT2D eigenvalue weighted by molar-refractivity contribution is 5.34. The van der Waals surface area contributed by atoms with E-state index in [2.05, 4.69) is 10.3 Å². The SMILES string of the molecule is CC(C)(O)c1cn(-c2c(F)cccc2F)nn1. The van der Waals surface area contributed by atoms with Gasteiger partial charge in [0, 0.05) is 0 Å². The molecule has 4 nitrogen and oxygen atoms in total. The van der Waals surface area contributed by atoms with E-state index in [1.165, 1.54) is 26.1 Å². The zero-order valence-electron chi connectivity index (χ0n) is 9.35. The number of para-hydroxylation sites is 1. The van der Waals surface area contributed by atoms with Crippen LogP contribution in [0, 0.1) is 11.6 Å². The average molecular weight is 239 g/mol. The maximum Gasteiger partial charge on any atom is 0.151 e. The second kappa shape index (κ2) is 3.89. The van der Waals surface area contributed by atoms with Crippen molar-refractivity contribution < 1.29 is 13.9 Å². The summed E-state index contributed by atoms with van der Waals surface area (Å²) in [5.41, 5.74) is -1.28. The molecule has 0 saturated heterocycles. The van der Waals surface area contributed by atoms with Gasteiger partial charge in [0.25, 0.3) is 0 Å². The molecule has 6 heteroatoms. The van der Waals surface area contributed by atoms with Crippen molar-refractivity contribution in [3.63, 3.8) is 0 Å². The van der Waals surface area contributed by atoms with Gasteiger partial charge in [0.05, 0.1) is 6.20 Å². The van der Waals surface area contributed by atoms with Crippen LogP contribution in [-0.4, -0.2) is 20.1 Å². The van der Waals surface area contributed by atoms with E-state index < -0.39 is 17.2 Å². The van der Waals surface area contributed by atoms with Crippen molar-refractivity contribution in [2.24, 2.45) is 0 Å². The second-order valence-electron chi connectivity index (χ2n) is 4.18. The van der Waals surface area contributed by atoms with Crippen LogP contribution in [0.3, 0.4) is 0 Å². The molecule has 0 bridgehead atoms. The molecule has 1 heterocycles. The molecule has 1 N–H and O–H groups in total. The van der Waals surface area contributed by atoms with Crippen molar-refractivity contribution in [2.45, 2.75) is 19.4 Å². The Balaban J connectivity index is 2.51. The third kappa shape index (κ3) is 2.16. The van der Waals surface area contributed by atoms with Crippen LogP contribution < -0.4 is 0 Å². The predicted octanol–water partition coefficient (Wildman–Crippen LogP) is 1.77. The van der Waals surface area contributed by atoms with E-state index in [-0.39, 0.29) is 11.4 Å². The van der Waals surface area contributed by atoms with Crippen LogP contribution in [0.5, 0.6) is 0 Å². The van der Waals surface area contributed by atoms with Gasteiger partial charge in [0.2, 0.25) is 0 Å². The minimum Gasteiger partial charge on any atom is -0.384 e. The number of hydrogen-bond acceptors (Lipinski definition) is 3. The van der Waals surface area contributed by atoms with E-state index >= 15 is 0 Å². The van der Waals surface area contributed by atoms with E-state index in [0.29, 0.717) is 0 Å². The van der Waals surface area contributed by atoms with Crippen LogP contribution in [0.2, 0.25) is 0 Å². The Morgan fingerprint density at radius 1 is 1.24 bits per heavy atom. The number of halogens is 2. The molecule has 0 spiro atoms. The first kappa shape index (κ1) is 11.7.